The second kappa shape index (κ2) is 5.91. The molecule has 1 heterocycles. The monoisotopic (exact) mass is 209 g/mol. The van der Waals surface area contributed by atoms with Gasteiger partial charge in [0.1, 0.15) is 5.82 Å². The van der Waals surface area contributed by atoms with Crippen LogP contribution in [0.3, 0.4) is 0 Å². The highest BCUT2D eigenvalue weighted by molar-refractivity contribution is 4.95. The van der Waals surface area contributed by atoms with Gasteiger partial charge in [0.2, 0.25) is 0 Å². The van der Waals surface area contributed by atoms with Crippen LogP contribution in [0.1, 0.15) is 52.4 Å². The maximum atomic E-state index is 4.30. The van der Waals surface area contributed by atoms with Crippen molar-refractivity contribution in [3.63, 3.8) is 0 Å². The van der Waals surface area contributed by atoms with Gasteiger partial charge in [-0.2, -0.15) is 0 Å². The van der Waals surface area contributed by atoms with E-state index in [4.69, 9.17) is 0 Å². The molecule has 0 aliphatic carbocycles. The van der Waals surface area contributed by atoms with Crippen molar-refractivity contribution in [2.45, 2.75) is 52.6 Å². The first-order chi connectivity index (χ1) is 7.13. The largest absolute Gasteiger partial charge is 0.347 e. The minimum absolute atomic E-state index is 0.355. The summed E-state index contributed by atoms with van der Waals surface area (Å²) in [6, 6.07) is 0.897. The zero-order valence-electron chi connectivity index (χ0n) is 10.2. The second-order valence-electron chi connectivity index (χ2n) is 4.63. The molecule has 0 aliphatic rings. The van der Waals surface area contributed by atoms with Crippen LogP contribution in [0, 0.1) is 5.92 Å². The fourth-order valence-electron chi connectivity index (χ4n) is 1.98. The predicted octanol–water partition coefficient (Wildman–Crippen LogP) is 2.89. The second-order valence-corrected chi connectivity index (χ2v) is 4.63. The van der Waals surface area contributed by atoms with Crippen molar-refractivity contribution in [2.24, 2.45) is 5.92 Å². The first-order valence-electron chi connectivity index (χ1n) is 5.88. The Morgan fingerprint density at radius 2 is 2.13 bits per heavy atom. The van der Waals surface area contributed by atoms with E-state index < -0.39 is 0 Å². The lowest BCUT2D eigenvalue weighted by Gasteiger charge is -2.22. The zero-order valence-corrected chi connectivity index (χ0v) is 10.2. The van der Waals surface area contributed by atoms with E-state index in [-0.39, 0.29) is 0 Å². The Bertz CT molecular complexity index is 254. The summed E-state index contributed by atoms with van der Waals surface area (Å²) in [4.78, 5) is 7.47. The highest BCUT2D eigenvalue weighted by Gasteiger charge is 2.14. The number of imidazole rings is 1. The van der Waals surface area contributed by atoms with Gasteiger partial charge in [-0.15, -0.1) is 0 Å². The third-order valence-corrected chi connectivity index (χ3v) is 2.57. The molecule has 0 saturated heterocycles. The third-order valence-electron chi connectivity index (χ3n) is 2.57. The molecule has 2 atom stereocenters. The number of nitrogens with zero attached hydrogens (tertiary/aromatic N) is 1. The van der Waals surface area contributed by atoms with E-state index in [1.807, 2.05) is 12.4 Å². The summed E-state index contributed by atoms with van der Waals surface area (Å²) >= 11 is 0. The van der Waals surface area contributed by atoms with Crippen LogP contribution in [-0.4, -0.2) is 16.0 Å². The molecule has 1 aromatic heterocycles. The molecule has 2 unspecified atom stereocenters. The van der Waals surface area contributed by atoms with Crippen LogP contribution >= 0.6 is 0 Å². The van der Waals surface area contributed by atoms with Crippen molar-refractivity contribution >= 4 is 0 Å². The lowest BCUT2D eigenvalue weighted by Crippen LogP contribution is -2.31. The number of hydrogen-bond donors (Lipinski definition) is 2. The molecule has 0 bridgehead atoms. The lowest BCUT2D eigenvalue weighted by molar-refractivity contribution is 0.380. The van der Waals surface area contributed by atoms with Crippen molar-refractivity contribution in [1.29, 1.82) is 0 Å². The molecule has 2 N–H and O–H groups in total. The van der Waals surface area contributed by atoms with Gasteiger partial charge in [-0.1, -0.05) is 20.8 Å². The SMILES string of the molecule is CCC(NC(C)CC(C)C)c1ncc[nH]1. The Balaban J connectivity index is 2.47. The summed E-state index contributed by atoms with van der Waals surface area (Å²) in [5.41, 5.74) is 0. The fourth-order valence-corrected chi connectivity index (χ4v) is 1.98. The van der Waals surface area contributed by atoms with Crippen molar-refractivity contribution < 1.29 is 0 Å². The number of hydrogen-bond acceptors (Lipinski definition) is 2. The molecule has 86 valence electrons. The molecular weight excluding hydrogens is 186 g/mol. The van der Waals surface area contributed by atoms with Crippen LogP contribution in [0.4, 0.5) is 0 Å². The van der Waals surface area contributed by atoms with Gasteiger partial charge in [0.05, 0.1) is 6.04 Å². The molecule has 1 rings (SSSR count). The number of aromatic amines is 1. The maximum absolute atomic E-state index is 4.30. The molecule has 0 fully saturated rings. The summed E-state index contributed by atoms with van der Waals surface area (Å²) in [6.45, 7) is 8.94. The standard InChI is InChI=1S/C12H23N3/c1-5-11(12-13-6-7-14-12)15-10(4)8-9(2)3/h6-7,9-11,15H,5,8H2,1-4H3,(H,13,14). The van der Waals surface area contributed by atoms with E-state index in [1.54, 1.807) is 0 Å². The van der Waals surface area contributed by atoms with Crippen LogP contribution in [0.15, 0.2) is 12.4 Å². The van der Waals surface area contributed by atoms with Gasteiger partial charge < -0.3 is 10.3 Å². The summed E-state index contributed by atoms with van der Waals surface area (Å²) in [6.07, 6.45) is 5.97. The molecule has 0 aromatic carbocycles. The predicted molar refractivity (Wildman–Crippen MR) is 63.7 cm³/mol. The van der Waals surface area contributed by atoms with Crippen molar-refractivity contribution in [3.05, 3.63) is 18.2 Å². The van der Waals surface area contributed by atoms with E-state index in [1.165, 1.54) is 6.42 Å². The van der Waals surface area contributed by atoms with Gasteiger partial charge in [-0.25, -0.2) is 4.98 Å². The molecule has 0 amide bonds. The molecule has 1 aromatic rings. The van der Waals surface area contributed by atoms with Crippen LogP contribution in [0.25, 0.3) is 0 Å². The molecule has 3 heteroatoms. The summed E-state index contributed by atoms with van der Waals surface area (Å²) in [5.74, 6) is 1.79. The Kier molecular flexibility index (Phi) is 4.82. The maximum Gasteiger partial charge on any atom is 0.123 e. The third kappa shape index (κ3) is 4.04. The topological polar surface area (TPSA) is 40.7 Å². The number of aromatic nitrogens is 2. The van der Waals surface area contributed by atoms with E-state index in [0.717, 1.165) is 18.2 Å². The highest BCUT2D eigenvalue weighted by atomic mass is 15.0. The molecule has 15 heavy (non-hydrogen) atoms. The average Bonchev–Trinajstić information content (AvgIpc) is 2.65. The Labute approximate surface area is 92.7 Å². The lowest BCUT2D eigenvalue weighted by atomic mass is 10.0. The summed E-state index contributed by atoms with van der Waals surface area (Å²) in [5, 5.41) is 3.61. The Hall–Kier alpha value is -0.830. The molecule has 0 radical (unpaired) electrons. The molecule has 0 spiro atoms. The fraction of sp³-hybridized carbons (Fsp3) is 0.750. The van der Waals surface area contributed by atoms with Crippen molar-refractivity contribution in [2.75, 3.05) is 0 Å². The van der Waals surface area contributed by atoms with Crippen LogP contribution in [-0.2, 0) is 0 Å². The Morgan fingerprint density at radius 1 is 1.40 bits per heavy atom. The average molecular weight is 209 g/mol. The van der Waals surface area contributed by atoms with Gasteiger partial charge in [0, 0.05) is 18.4 Å². The number of nitrogens with one attached hydrogen (secondary N) is 2. The number of H-pyrrole nitrogens is 1. The molecule has 0 aliphatic heterocycles. The van der Waals surface area contributed by atoms with Crippen LogP contribution in [0.2, 0.25) is 0 Å². The minimum atomic E-state index is 0.355. The first-order valence-corrected chi connectivity index (χ1v) is 5.88. The highest BCUT2D eigenvalue weighted by Crippen LogP contribution is 2.14. The Morgan fingerprint density at radius 3 is 2.60 bits per heavy atom. The van der Waals surface area contributed by atoms with E-state index in [9.17, 15) is 0 Å². The zero-order chi connectivity index (χ0) is 11.3. The van der Waals surface area contributed by atoms with Gasteiger partial charge in [0.15, 0.2) is 0 Å². The summed E-state index contributed by atoms with van der Waals surface area (Å²) in [7, 11) is 0. The van der Waals surface area contributed by atoms with Crippen LogP contribution < -0.4 is 5.32 Å². The van der Waals surface area contributed by atoms with Gasteiger partial charge >= 0.3 is 0 Å². The van der Waals surface area contributed by atoms with E-state index >= 15 is 0 Å². The smallest absolute Gasteiger partial charge is 0.123 e. The van der Waals surface area contributed by atoms with Gasteiger partial charge in [0.25, 0.3) is 0 Å². The number of rotatable bonds is 6. The minimum Gasteiger partial charge on any atom is -0.347 e. The van der Waals surface area contributed by atoms with Gasteiger partial charge in [-0.05, 0) is 25.7 Å². The molecule has 3 nitrogen and oxygen atoms in total. The first kappa shape index (κ1) is 12.2. The van der Waals surface area contributed by atoms with E-state index in [2.05, 4.69) is 43.0 Å². The quantitative estimate of drug-likeness (QED) is 0.756. The molecular formula is C12H23N3. The van der Waals surface area contributed by atoms with Crippen LogP contribution in [0.5, 0.6) is 0 Å². The normalized spacial score (nSPS) is 15.5. The van der Waals surface area contributed by atoms with Crippen molar-refractivity contribution in [3.8, 4) is 0 Å². The van der Waals surface area contributed by atoms with Crippen molar-refractivity contribution in [1.82, 2.24) is 15.3 Å². The summed E-state index contributed by atoms with van der Waals surface area (Å²) < 4.78 is 0. The van der Waals surface area contributed by atoms with Gasteiger partial charge in [-0.3, -0.25) is 0 Å². The van der Waals surface area contributed by atoms with E-state index in [0.29, 0.717) is 12.1 Å². The molecule has 0 saturated carbocycles.